The minimum absolute atomic E-state index is 0.0844. The number of nitro groups is 1. The van der Waals surface area contributed by atoms with Crippen LogP contribution in [0.3, 0.4) is 0 Å². The molecule has 0 unspecified atom stereocenters. The zero-order chi connectivity index (χ0) is 14.5. The van der Waals surface area contributed by atoms with Crippen molar-refractivity contribution in [3.8, 4) is 0 Å². The minimum atomic E-state index is -0.402. The van der Waals surface area contributed by atoms with Crippen LogP contribution in [-0.2, 0) is 4.79 Å². The average molecular weight is 278 g/mol. The number of likely N-dealkylation sites (tertiary alicyclic amines) is 1. The molecule has 0 aliphatic carbocycles. The molecule has 3 N–H and O–H groups in total. The molecule has 1 aliphatic rings. The molecule has 0 bridgehead atoms. The third-order valence-corrected chi connectivity index (χ3v) is 3.39. The number of piperidine rings is 1. The van der Waals surface area contributed by atoms with E-state index in [0.717, 1.165) is 31.6 Å². The van der Waals surface area contributed by atoms with Gasteiger partial charge in [-0.05, 0) is 18.9 Å². The predicted molar refractivity (Wildman–Crippen MR) is 75.4 cm³/mol. The van der Waals surface area contributed by atoms with Crippen LogP contribution in [0.25, 0.3) is 0 Å². The first-order chi connectivity index (χ1) is 9.54. The van der Waals surface area contributed by atoms with Crippen molar-refractivity contribution in [2.24, 2.45) is 5.73 Å². The van der Waals surface area contributed by atoms with Crippen LogP contribution in [0.15, 0.2) is 24.3 Å². The average Bonchev–Trinajstić information content (AvgIpc) is 2.41. The van der Waals surface area contributed by atoms with E-state index in [-0.39, 0.29) is 17.6 Å². The number of nitro benzene ring substituents is 1. The topological polar surface area (TPSA) is 102 Å². The maximum Gasteiger partial charge on any atom is 0.271 e. The minimum Gasteiger partial charge on any atom is -0.382 e. The number of non-ortho nitro benzene ring substituents is 1. The number of hydrogen-bond donors (Lipinski definition) is 2. The first kappa shape index (κ1) is 14.3. The van der Waals surface area contributed by atoms with Crippen molar-refractivity contribution in [2.75, 3.05) is 25.0 Å². The van der Waals surface area contributed by atoms with Gasteiger partial charge in [0.25, 0.3) is 5.69 Å². The second-order valence-corrected chi connectivity index (χ2v) is 4.97. The van der Waals surface area contributed by atoms with E-state index >= 15 is 0 Å². The fraction of sp³-hybridized carbons (Fsp3) is 0.462. The van der Waals surface area contributed by atoms with E-state index in [9.17, 15) is 14.9 Å². The molecule has 0 saturated carbocycles. The van der Waals surface area contributed by atoms with Gasteiger partial charge < -0.3 is 11.1 Å². The Hall–Kier alpha value is -2.15. The van der Waals surface area contributed by atoms with Crippen LogP contribution in [0.5, 0.6) is 0 Å². The van der Waals surface area contributed by atoms with Crippen LogP contribution in [-0.4, -0.2) is 41.4 Å². The standard InChI is InChI=1S/C13H18N4O3/c14-13(18)9-16-6-4-10(5-7-16)15-11-2-1-3-12(8-11)17(19)20/h1-3,8,10,15H,4-7,9H2,(H2,14,18). The second-order valence-electron chi connectivity index (χ2n) is 4.97. The summed E-state index contributed by atoms with van der Waals surface area (Å²) in [6.45, 7) is 1.90. The van der Waals surface area contributed by atoms with Gasteiger partial charge in [0.05, 0.1) is 11.5 Å². The highest BCUT2D eigenvalue weighted by Gasteiger charge is 2.20. The third-order valence-electron chi connectivity index (χ3n) is 3.39. The Morgan fingerprint density at radius 3 is 2.75 bits per heavy atom. The molecule has 108 valence electrons. The number of amides is 1. The van der Waals surface area contributed by atoms with E-state index in [4.69, 9.17) is 5.73 Å². The van der Waals surface area contributed by atoms with E-state index < -0.39 is 4.92 Å². The lowest BCUT2D eigenvalue weighted by atomic mass is 10.0. The number of nitrogens with zero attached hydrogens (tertiary/aromatic N) is 2. The van der Waals surface area contributed by atoms with Crippen molar-refractivity contribution in [2.45, 2.75) is 18.9 Å². The maximum atomic E-state index is 10.8. The number of hydrogen-bond acceptors (Lipinski definition) is 5. The lowest BCUT2D eigenvalue weighted by Crippen LogP contribution is -2.42. The van der Waals surface area contributed by atoms with Gasteiger partial charge in [0.15, 0.2) is 0 Å². The SMILES string of the molecule is NC(=O)CN1CCC(Nc2cccc([N+](=O)[O-])c2)CC1. The van der Waals surface area contributed by atoms with Gasteiger partial charge in [-0.1, -0.05) is 6.07 Å². The fourth-order valence-corrected chi connectivity index (χ4v) is 2.40. The summed E-state index contributed by atoms with van der Waals surface area (Å²) in [5, 5.41) is 14.0. The molecule has 0 aromatic heterocycles. The predicted octanol–water partition coefficient (Wildman–Crippen LogP) is 0.956. The van der Waals surface area contributed by atoms with Gasteiger partial charge >= 0.3 is 0 Å². The molecule has 0 radical (unpaired) electrons. The van der Waals surface area contributed by atoms with Crippen LogP contribution in [0.4, 0.5) is 11.4 Å². The van der Waals surface area contributed by atoms with E-state index in [0.29, 0.717) is 6.54 Å². The van der Waals surface area contributed by atoms with Gasteiger partial charge in [-0.2, -0.15) is 0 Å². The Morgan fingerprint density at radius 2 is 2.15 bits per heavy atom. The normalized spacial score (nSPS) is 16.8. The highest BCUT2D eigenvalue weighted by Crippen LogP contribution is 2.20. The van der Waals surface area contributed by atoms with E-state index in [1.165, 1.54) is 12.1 Å². The molecule has 1 aromatic carbocycles. The molecule has 1 aliphatic heterocycles. The molecule has 0 spiro atoms. The van der Waals surface area contributed by atoms with Crippen molar-refractivity contribution in [3.63, 3.8) is 0 Å². The van der Waals surface area contributed by atoms with Crippen molar-refractivity contribution in [1.29, 1.82) is 0 Å². The molecule has 1 saturated heterocycles. The summed E-state index contributed by atoms with van der Waals surface area (Å²) >= 11 is 0. The van der Waals surface area contributed by atoms with Gasteiger partial charge in [0.2, 0.25) is 5.91 Å². The smallest absolute Gasteiger partial charge is 0.271 e. The maximum absolute atomic E-state index is 10.8. The molecule has 1 aromatic rings. The molecule has 20 heavy (non-hydrogen) atoms. The van der Waals surface area contributed by atoms with Crippen molar-refractivity contribution in [1.82, 2.24) is 4.90 Å². The van der Waals surface area contributed by atoms with Gasteiger partial charge in [-0.25, -0.2) is 0 Å². The number of carbonyl (C=O) groups excluding carboxylic acids is 1. The van der Waals surface area contributed by atoms with E-state index in [1.807, 2.05) is 11.0 Å². The van der Waals surface area contributed by atoms with Crippen LogP contribution >= 0.6 is 0 Å². The number of benzene rings is 1. The Kier molecular flexibility index (Phi) is 4.52. The van der Waals surface area contributed by atoms with Crippen LogP contribution in [0.1, 0.15) is 12.8 Å². The first-order valence-corrected chi connectivity index (χ1v) is 6.56. The van der Waals surface area contributed by atoms with Gasteiger partial charge in [-0.3, -0.25) is 19.8 Å². The Bertz CT molecular complexity index is 498. The number of nitrogens with two attached hydrogens (primary N) is 1. The zero-order valence-corrected chi connectivity index (χ0v) is 11.1. The number of anilines is 1. The number of nitrogens with one attached hydrogen (secondary N) is 1. The van der Waals surface area contributed by atoms with Crippen molar-refractivity contribution in [3.05, 3.63) is 34.4 Å². The molecule has 7 nitrogen and oxygen atoms in total. The largest absolute Gasteiger partial charge is 0.382 e. The Labute approximate surface area is 116 Å². The molecule has 1 fully saturated rings. The Morgan fingerprint density at radius 1 is 1.45 bits per heavy atom. The number of rotatable bonds is 5. The number of carbonyl (C=O) groups is 1. The lowest BCUT2D eigenvalue weighted by Gasteiger charge is -2.31. The van der Waals surface area contributed by atoms with Crippen molar-refractivity contribution < 1.29 is 9.72 Å². The van der Waals surface area contributed by atoms with E-state index in [1.54, 1.807) is 6.07 Å². The zero-order valence-electron chi connectivity index (χ0n) is 11.1. The fourth-order valence-electron chi connectivity index (χ4n) is 2.40. The van der Waals surface area contributed by atoms with E-state index in [2.05, 4.69) is 5.32 Å². The molecule has 1 heterocycles. The van der Waals surface area contributed by atoms with Gasteiger partial charge in [0.1, 0.15) is 0 Å². The second kappa shape index (κ2) is 6.33. The summed E-state index contributed by atoms with van der Waals surface area (Å²) in [7, 11) is 0. The van der Waals surface area contributed by atoms with Gasteiger partial charge in [0, 0.05) is 37.0 Å². The molecular formula is C13H18N4O3. The van der Waals surface area contributed by atoms with Crippen LogP contribution in [0, 0.1) is 10.1 Å². The Balaban J connectivity index is 1.88. The molecule has 2 rings (SSSR count). The highest BCUT2D eigenvalue weighted by molar-refractivity contribution is 5.75. The number of primary amides is 1. The summed E-state index contributed by atoms with van der Waals surface area (Å²) in [6, 6.07) is 6.77. The van der Waals surface area contributed by atoms with Crippen LogP contribution < -0.4 is 11.1 Å². The van der Waals surface area contributed by atoms with Crippen LogP contribution in [0.2, 0.25) is 0 Å². The summed E-state index contributed by atoms with van der Waals surface area (Å²) in [6.07, 6.45) is 1.77. The first-order valence-electron chi connectivity index (χ1n) is 6.56. The molecule has 1 amide bonds. The third kappa shape index (κ3) is 3.92. The van der Waals surface area contributed by atoms with Gasteiger partial charge in [-0.15, -0.1) is 0 Å². The molecular weight excluding hydrogens is 260 g/mol. The highest BCUT2D eigenvalue weighted by atomic mass is 16.6. The molecule has 7 heteroatoms. The quantitative estimate of drug-likeness (QED) is 0.617. The summed E-state index contributed by atoms with van der Waals surface area (Å²) in [4.78, 5) is 23.2. The van der Waals surface area contributed by atoms with Crippen molar-refractivity contribution >= 4 is 17.3 Å². The monoisotopic (exact) mass is 278 g/mol. The summed E-state index contributed by atoms with van der Waals surface area (Å²) < 4.78 is 0. The summed E-state index contributed by atoms with van der Waals surface area (Å²) in [5.41, 5.74) is 6.01. The summed E-state index contributed by atoms with van der Waals surface area (Å²) in [5.74, 6) is -0.310. The lowest BCUT2D eigenvalue weighted by molar-refractivity contribution is -0.384. The molecule has 0 atom stereocenters.